The van der Waals surface area contributed by atoms with Gasteiger partial charge in [0, 0.05) is 19.0 Å². The number of benzene rings is 3. The second-order valence-corrected chi connectivity index (χ2v) is 12.4. The van der Waals surface area contributed by atoms with Gasteiger partial charge in [-0.05, 0) is 55.2 Å². The van der Waals surface area contributed by atoms with Crippen LogP contribution in [0.25, 0.3) is 0 Å². The van der Waals surface area contributed by atoms with Crippen LogP contribution < -0.4 is 9.62 Å². The summed E-state index contributed by atoms with van der Waals surface area (Å²) in [5, 5.41) is 3.14. The van der Waals surface area contributed by atoms with E-state index in [1.165, 1.54) is 17.0 Å². The Bertz CT molecular complexity index is 1390. The Morgan fingerprint density at radius 2 is 1.55 bits per heavy atom. The number of aryl methyl sites for hydroxylation is 1. The third kappa shape index (κ3) is 7.91. The average molecular weight is 566 g/mol. The maximum absolute atomic E-state index is 14.1. The van der Waals surface area contributed by atoms with Crippen molar-refractivity contribution >= 4 is 27.5 Å². The number of rotatable bonds is 11. The summed E-state index contributed by atoms with van der Waals surface area (Å²) in [4.78, 5) is 29.3. The zero-order valence-electron chi connectivity index (χ0n) is 22.9. The molecule has 9 heteroatoms. The molecule has 4 rings (SSSR count). The first kappa shape index (κ1) is 29.3. The van der Waals surface area contributed by atoms with E-state index in [1.807, 2.05) is 61.5 Å². The molecule has 40 heavy (non-hydrogen) atoms. The van der Waals surface area contributed by atoms with Gasteiger partial charge in [-0.3, -0.25) is 13.9 Å². The van der Waals surface area contributed by atoms with E-state index in [0.717, 1.165) is 65.1 Å². The molecule has 1 saturated carbocycles. The van der Waals surface area contributed by atoms with Crippen LogP contribution in [0.15, 0.2) is 78.9 Å². The lowest BCUT2D eigenvalue weighted by Gasteiger charge is -2.34. The van der Waals surface area contributed by atoms with Gasteiger partial charge in [0.15, 0.2) is 0 Å². The van der Waals surface area contributed by atoms with Crippen molar-refractivity contribution in [2.24, 2.45) is 0 Å². The molecule has 0 aliphatic heterocycles. The van der Waals surface area contributed by atoms with Gasteiger partial charge < -0.3 is 10.2 Å². The fraction of sp³-hybridized carbons (Fsp3) is 0.355. The number of halogens is 1. The van der Waals surface area contributed by atoms with Crippen LogP contribution in [0.3, 0.4) is 0 Å². The molecule has 1 atom stereocenters. The molecule has 1 aliphatic carbocycles. The second-order valence-electron chi connectivity index (χ2n) is 10.4. The predicted octanol–water partition coefficient (Wildman–Crippen LogP) is 4.60. The minimum atomic E-state index is -3.90. The fourth-order valence-electron chi connectivity index (χ4n) is 5.03. The summed E-state index contributed by atoms with van der Waals surface area (Å²) >= 11 is 0. The van der Waals surface area contributed by atoms with Gasteiger partial charge in [0.05, 0.1) is 11.9 Å². The topological polar surface area (TPSA) is 86.8 Å². The highest BCUT2D eigenvalue weighted by Gasteiger charge is 2.34. The van der Waals surface area contributed by atoms with Crippen molar-refractivity contribution in [1.29, 1.82) is 0 Å². The van der Waals surface area contributed by atoms with Gasteiger partial charge in [0.2, 0.25) is 21.8 Å². The average Bonchev–Trinajstić information content (AvgIpc) is 3.44. The SMILES string of the molecule is Cc1ccc(CN(C(=O)CN(c2ccc(F)cc2)S(C)(=O)=O)[C@@H](Cc2ccccc2)C(=O)NC2CCCC2)cc1. The zero-order chi connectivity index (χ0) is 28.7. The largest absolute Gasteiger partial charge is 0.352 e. The number of hydrogen-bond donors (Lipinski definition) is 1. The van der Waals surface area contributed by atoms with E-state index in [4.69, 9.17) is 0 Å². The molecule has 3 aromatic carbocycles. The number of amides is 2. The smallest absolute Gasteiger partial charge is 0.244 e. The van der Waals surface area contributed by atoms with E-state index in [0.29, 0.717) is 0 Å². The minimum absolute atomic E-state index is 0.0498. The first-order valence-electron chi connectivity index (χ1n) is 13.5. The summed E-state index contributed by atoms with van der Waals surface area (Å²) in [6.07, 6.45) is 5.14. The number of sulfonamides is 1. The van der Waals surface area contributed by atoms with Crippen molar-refractivity contribution in [3.8, 4) is 0 Å². The standard InChI is InChI=1S/C31H36FN3O4S/c1-23-12-14-25(15-13-23)21-34(30(36)22-35(40(2,38)39)28-18-16-26(32)17-19-28)29(20-24-8-4-3-5-9-24)31(37)33-27-10-6-7-11-27/h3-5,8-9,12-19,27,29H,6-7,10-11,20-22H2,1-2H3,(H,33,37)/t29-/m0/s1. The van der Waals surface area contributed by atoms with Crippen LogP contribution in [0.1, 0.15) is 42.4 Å². The van der Waals surface area contributed by atoms with Crippen LogP contribution >= 0.6 is 0 Å². The molecule has 0 radical (unpaired) electrons. The predicted molar refractivity (Wildman–Crippen MR) is 155 cm³/mol. The molecule has 7 nitrogen and oxygen atoms in total. The van der Waals surface area contributed by atoms with Gasteiger partial charge in [-0.1, -0.05) is 73.0 Å². The Labute approximate surface area is 236 Å². The van der Waals surface area contributed by atoms with Gasteiger partial charge >= 0.3 is 0 Å². The molecule has 2 amide bonds. The molecule has 212 valence electrons. The second kappa shape index (κ2) is 13.1. The van der Waals surface area contributed by atoms with E-state index < -0.39 is 34.3 Å². The highest BCUT2D eigenvalue weighted by molar-refractivity contribution is 7.92. The summed E-state index contributed by atoms with van der Waals surface area (Å²) in [6, 6.07) is 21.3. The van der Waals surface area contributed by atoms with Crippen LogP contribution in [0.4, 0.5) is 10.1 Å². The van der Waals surface area contributed by atoms with Gasteiger partial charge in [0.25, 0.3) is 0 Å². The van der Waals surface area contributed by atoms with Crippen molar-refractivity contribution in [2.75, 3.05) is 17.1 Å². The quantitative estimate of drug-likeness (QED) is 0.368. The zero-order valence-corrected chi connectivity index (χ0v) is 23.7. The van der Waals surface area contributed by atoms with E-state index in [1.54, 1.807) is 0 Å². The summed E-state index contributed by atoms with van der Waals surface area (Å²) in [7, 11) is -3.90. The van der Waals surface area contributed by atoms with Crippen molar-refractivity contribution in [3.05, 3.63) is 101 Å². The lowest BCUT2D eigenvalue weighted by molar-refractivity contribution is -0.140. The lowest BCUT2D eigenvalue weighted by atomic mass is 10.0. The number of anilines is 1. The molecule has 0 heterocycles. The van der Waals surface area contributed by atoms with E-state index in [2.05, 4.69) is 5.32 Å². The van der Waals surface area contributed by atoms with Crippen molar-refractivity contribution in [1.82, 2.24) is 10.2 Å². The van der Waals surface area contributed by atoms with E-state index >= 15 is 0 Å². The maximum Gasteiger partial charge on any atom is 0.244 e. The number of carbonyl (C=O) groups is 2. The van der Waals surface area contributed by atoms with E-state index in [-0.39, 0.29) is 30.6 Å². The molecule has 1 N–H and O–H groups in total. The third-order valence-corrected chi connectivity index (χ3v) is 8.38. The third-order valence-electron chi connectivity index (χ3n) is 7.24. The van der Waals surface area contributed by atoms with Crippen LogP contribution in [0.2, 0.25) is 0 Å². The number of nitrogens with one attached hydrogen (secondary N) is 1. The first-order chi connectivity index (χ1) is 19.1. The van der Waals surface area contributed by atoms with Crippen molar-refractivity contribution in [2.45, 2.75) is 57.7 Å². The number of nitrogens with zero attached hydrogens (tertiary/aromatic N) is 2. The van der Waals surface area contributed by atoms with Crippen LogP contribution in [-0.4, -0.2) is 50.0 Å². The summed E-state index contributed by atoms with van der Waals surface area (Å²) in [5.74, 6) is -1.31. The van der Waals surface area contributed by atoms with Gasteiger partial charge in [-0.15, -0.1) is 0 Å². The Morgan fingerprint density at radius 3 is 2.15 bits per heavy atom. The molecule has 0 unspecified atom stereocenters. The Balaban J connectivity index is 1.71. The van der Waals surface area contributed by atoms with Crippen molar-refractivity contribution in [3.63, 3.8) is 0 Å². The number of hydrogen-bond acceptors (Lipinski definition) is 4. The maximum atomic E-state index is 14.1. The van der Waals surface area contributed by atoms with Crippen LogP contribution in [0.5, 0.6) is 0 Å². The number of carbonyl (C=O) groups excluding carboxylic acids is 2. The van der Waals surface area contributed by atoms with E-state index in [9.17, 15) is 22.4 Å². The summed E-state index contributed by atoms with van der Waals surface area (Å²) < 4.78 is 40.1. The molecule has 0 spiro atoms. The molecular weight excluding hydrogens is 529 g/mol. The highest BCUT2D eigenvalue weighted by Crippen LogP contribution is 2.22. The Kier molecular flexibility index (Phi) is 9.58. The fourth-order valence-corrected chi connectivity index (χ4v) is 5.88. The molecule has 1 fully saturated rings. The first-order valence-corrected chi connectivity index (χ1v) is 15.4. The molecule has 3 aromatic rings. The van der Waals surface area contributed by atoms with Crippen LogP contribution in [-0.2, 0) is 32.6 Å². The molecule has 0 bridgehead atoms. The van der Waals surface area contributed by atoms with Gasteiger partial charge in [-0.25, -0.2) is 12.8 Å². The van der Waals surface area contributed by atoms with Gasteiger partial charge in [-0.2, -0.15) is 0 Å². The molecule has 1 aliphatic rings. The summed E-state index contributed by atoms with van der Waals surface area (Å²) in [6.45, 7) is 1.56. The Hall–Kier alpha value is -3.72. The normalized spacial score (nSPS) is 14.5. The highest BCUT2D eigenvalue weighted by atomic mass is 32.2. The molecular formula is C31H36FN3O4S. The monoisotopic (exact) mass is 565 g/mol. The lowest BCUT2D eigenvalue weighted by Crippen LogP contribution is -2.54. The molecule has 0 aromatic heterocycles. The molecule has 0 saturated heterocycles. The van der Waals surface area contributed by atoms with Crippen LogP contribution in [0, 0.1) is 12.7 Å². The Morgan fingerprint density at radius 1 is 0.925 bits per heavy atom. The minimum Gasteiger partial charge on any atom is -0.352 e. The van der Waals surface area contributed by atoms with Gasteiger partial charge in [0.1, 0.15) is 18.4 Å². The van der Waals surface area contributed by atoms with Crippen molar-refractivity contribution < 1.29 is 22.4 Å². The summed E-state index contributed by atoms with van der Waals surface area (Å²) in [5.41, 5.74) is 2.93.